The Morgan fingerprint density at radius 1 is 1.12 bits per heavy atom. The standard InChI is InChI=1S/C17H25N3O3S/c1-4-5-6-7-15(21)18-17(24)20-19-16(22)11-23-14-9-8-12(2)10-13(14)3/h8-10H,4-7,11H2,1-3H3,(H,19,22)(H2,18,20,21,24). The molecular formula is C17H25N3O3S. The number of carbonyl (C=O) groups excluding carboxylic acids is 2. The lowest BCUT2D eigenvalue weighted by atomic mass is 10.1. The van der Waals surface area contributed by atoms with Crippen LogP contribution < -0.4 is 20.9 Å². The van der Waals surface area contributed by atoms with Crippen molar-refractivity contribution in [2.24, 2.45) is 0 Å². The summed E-state index contributed by atoms with van der Waals surface area (Å²) in [5.41, 5.74) is 6.96. The van der Waals surface area contributed by atoms with Gasteiger partial charge in [0.1, 0.15) is 5.75 Å². The van der Waals surface area contributed by atoms with Crippen LogP contribution in [0.4, 0.5) is 0 Å². The molecule has 6 nitrogen and oxygen atoms in total. The van der Waals surface area contributed by atoms with Crippen molar-refractivity contribution in [1.82, 2.24) is 16.2 Å². The molecule has 0 aliphatic carbocycles. The molecule has 7 heteroatoms. The number of hydrogen-bond acceptors (Lipinski definition) is 4. The van der Waals surface area contributed by atoms with Gasteiger partial charge in [-0.15, -0.1) is 0 Å². The number of carbonyl (C=O) groups is 2. The number of thiocarbonyl (C=S) groups is 1. The maximum Gasteiger partial charge on any atom is 0.276 e. The maximum atomic E-state index is 11.7. The van der Waals surface area contributed by atoms with Crippen molar-refractivity contribution in [3.8, 4) is 5.75 Å². The molecule has 1 aromatic rings. The number of aryl methyl sites for hydroxylation is 2. The molecule has 0 aromatic heterocycles. The van der Waals surface area contributed by atoms with Crippen molar-refractivity contribution in [3.05, 3.63) is 29.3 Å². The van der Waals surface area contributed by atoms with Gasteiger partial charge in [-0.2, -0.15) is 0 Å². The number of ether oxygens (including phenoxy) is 1. The second-order valence-corrected chi connectivity index (χ2v) is 5.97. The normalized spacial score (nSPS) is 9.96. The van der Waals surface area contributed by atoms with E-state index in [2.05, 4.69) is 23.1 Å². The van der Waals surface area contributed by atoms with E-state index in [4.69, 9.17) is 17.0 Å². The molecule has 0 aliphatic heterocycles. The van der Waals surface area contributed by atoms with Gasteiger partial charge in [0.15, 0.2) is 11.7 Å². The lowest BCUT2D eigenvalue weighted by Crippen LogP contribution is -2.49. The van der Waals surface area contributed by atoms with E-state index in [0.29, 0.717) is 12.2 Å². The van der Waals surface area contributed by atoms with Gasteiger partial charge < -0.3 is 10.1 Å². The average molecular weight is 351 g/mol. The van der Waals surface area contributed by atoms with Gasteiger partial charge >= 0.3 is 0 Å². The van der Waals surface area contributed by atoms with E-state index in [-0.39, 0.29) is 17.6 Å². The third-order valence-corrected chi connectivity index (χ3v) is 3.47. The second-order valence-electron chi connectivity index (χ2n) is 5.57. The van der Waals surface area contributed by atoms with E-state index in [0.717, 1.165) is 30.4 Å². The highest BCUT2D eigenvalue weighted by Crippen LogP contribution is 2.18. The monoisotopic (exact) mass is 351 g/mol. The number of amides is 2. The minimum atomic E-state index is -0.391. The first-order valence-electron chi connectivity index (χ1n) is 8.01. The van der Waals surface area contributed by atoms with Gasteiger partial charge in [0.25, 0.3) is 5.91 Å². The Morgan fingerprint density at radius 2 is 1.88 bits per heavy atom. The van der Waals surface area contributed by atoms with Crippen LogP contribution in [-0.4, -0.2) is 23.5 Å². The third-order valence-electron chi connectivity index (χ3n) is 3.26. The van der Waals surface area contributed by atoms with Gasteiger partial charge in [-0.1, -0.05) is 37.5 Å². The first-order chi connectivity index (χ1) is 11.4. The number of rotatable bonds is 7. The first kappa shape index (κ1) is 19.9. The number of benzene rings is 1. The summed E-state index contributed by atoms with van der Waals surface area (Å²) in [6.45, 7) is 5.83. The largest absolute Gasteiger partial charge is 0.483 e. The van der Waals surface area contributed by atoms with Crippen LogP contribution in [0, 0.1) is 13.8 Å². The van der Waals surface area contributed by atoms with Crippen molar-refractivity contribution >= 4 is 29.1 Å². The molecule has 2 amide bonds. The lowest BCUT2D eigenvalue weighted by molar-refractivity contribution is -0.124. The van der Waals surface area contributed by atoms with Crippen molar-refractivity contribution in [2.75, 3.05) is 6.61 Å². The van der Waals surface area contributed by atoms with Crippen LogP contribution in [0.3, 0.4) is 0 Å². The van der Waals surface area contributed by atoms with Crippen LogP contribution in [0.25, 0.3) is 0 Å². The fraction of sp³-hybridized carbons (Fsp3) is 0.471. The van der Waals surface area contributed by atoms with E-state index in [1.807, 2.05) is 32.0 Å². The van der Waals surface area contributed by atoms with E-state index >= 15 is 0 Å². The molecule has 3 N–H and O–H groups in total. The molecule has 0 bridgehead atoms. The Hall–Kier alpha value is -2.15. The van der Waals surface area contributed by atoms with Crippen molar-refractivity contribution < 1.29 is 14.3 Å². The topological polar surface area (TPSA) is 79.5 Å². The van der Waals surface area contributed by atoms with Crippen molar-refractivity contribution in [2.45, 2.75) is 46.5 Å². The molecule has 0 radical (unpaired) electrons. The van der Waals surface area contributed by atoms with Gasteiger partial charge in [0.05, 0.1) is 0 Å². The average Bonchev–Trinajstić information content (AvgIpc) is 2.52. The SMILES string of the molecule is CCCCCC(=O)NC(=S)NNC(=O)COc1ccc(C)cc1C. The van der Waals surface area contributed by atoms with Gasteiger partial charge in [0, 0.05) is 6.42 Å². The Morgan fingerprint density at radius 3 is 2.54 bits per heavy atom. The van der Waals surface area contributed by atoms with Crippen molar-refractivity contribution in [3.63, 3.8) is 0 Å². The molecule has 0 fully saturated rings. The molecule has 0 unspecified atom stereocenters. The summed E-state index contributed by atoms with van der Waals surface area (Å²) in [6.07, 6.45) is 3.28. The molecule has 0 spiro atoms. The van der Waals surface area contributed by atoms with Crippen LogP contribution >= 0.6 is 12.2 Å². The van der Waals surface area contributed by atoms with Crippen LogP contribution in [-0.2, 0) is 9.59 Å². The summed E-state index contributed by atoms with van der Waals surface area (Å²) in [5, 5.41) is 2.58. The molecule has 1 rings (SSSR count). The Kier molecular flexibility index (Phi) is 8.78. The van der Waals surface area contributed by atoms with E-state index in [1.54, 1.807) is 0 Å². The number of nitrogens with one attached hydrogen (secondary N) is 3. The van der Waals surface area contributed by atoms with Gasteiger partial charge in [0.2, 0.25) is 5.91 Å². The summed E-state index contributed by atoms with van der Waals surface area (Å²) in [6, 6.07) is 5.73. The zero-order chi connectivity index (χ0) is 17.9. The van der Waals surface area contributed by atoms with E-state index < -0.39 is 5.91 Å². The first-order valence-corrected chi connectivity index (χ1v) is 8.42. The quantitative estimate of drug-likeness (QED) is 0.399. The molecule has 0 saturated carbocycles. The summed E-state index contributed by atoms with van der Waals surface area (Å²) >= 11 is 4.94. The molecule has 0 saturated heterocycles. The number of hydrogen-bond donors (Lipinski definition) is 3. The predicted octanol–water partition coefficient (Wildman–Crippen LogP) is 2.28. The Bertz CT molecular complexity index is 590. The smallest absolute Gasteiger partial charge is 0.276 e. The minimum absolute atomic E-state index is 0.0661. The predicted molar refractivity (Wildman–Crippen MR) is 97.6 cm³/mol. The highest BCUT2D eigenvalue weighted by Gasteiger charge is 2.07. The molecule has 0 aliphatic rings. The van der Waals surface area contributed by atoms with Crippen LogP contribution in [0.1, 0.15) is 43.7 Å². The number of unbranched alkanes of at least 4 members (excludes halogenated alkanes) is 2. The second kappa shape index (κ2) is 10.6. The van der Waals surface area contributed by atoms with Crippen LogP contribution in [0.15, 0.2) is 18.2 Å². The van der Waals surface area contributed by atoms with Gasteiger partial charge in [-0.3, -0.25) is 20.4 Å². The fourth-order valence-corrected chi connectivity index (χ4v) is 2.19. The van der Waals surface area contributed by atoms with E-state index in [1.165, 1.54) is 0 Å². The highest BCUT2D eigenvalue weighted by atomic mass is 32.1. The van der Waals surface area contributed by atoms with Crippen LogP contribution in [0.5, 0.6) is 5.75 Å². The van der Waals surface area contributed by atoms with Gasteiger partial charge in [-0.05, 0) is 44.1 Å². The molecule has 132 valence electrons. The lowest BCUT2D eigenvalue weighted by Gasteiger charge is -2.12. The van der Waals surface area contributed by atoms with E-state index in [9.17, 15) is 9.59 Å². The third kappa shape index (κ3) is 7.92. The maximum absolute atomic E-state index is 11.7. The Labute approximate surface area is 148 Å². The summed E-state index contributed by atoms with van der Waals surface area (Å²) in [4.78, 5) is 23.3. The highest BCUT2D eigenvalue weighted by molar-refractivity contribution is 7.80. The summed E-state index contributed by atoms with van der Waals surface area (Å²) in [5.74, 6) is 0.0989. The molecule has 0 atom stereocenters. The fourth-order valence-electron chi connectivity index (χ4n) is 2.02. The molecule has 24 heavy (non-hydrogen) atoms. The molecular weight excluding hydrogens is 326 g/mol. The zero-order valence-corrected chi connectivity index (χ0v) is 15.2. The minimum Gasteiger partial charge on any atom is -0.483 e. The van der Waals surface area contributed by atoms with Crippen LogP contribution in [0.2, 0.25) is 0 Å². The van der Waals surface area contributed by atoms with Gasteiger partial charge in [-0.25, -0.2) is 0 Å². The Balaban J connectivity index is 2.25. The summed E-state index contributed by atoms with van der Waals surface area (Å²) < 4.78 is 5.45. The molecule has 0 heterocycles. The van der Waals surface area contributed by atoms with Crippen molar-refractivity contribution in [1.29, 1.82) is 0 Å². The number of hydrazine groups is 1. The molecule has 1 aromatic carbocycles. The summed E-state index contributed by atoms with van der Waals surface area (Å²) in [7, 11) is 0. The zero-order valence-electron chi connectivity index (χ0n) is 14.4.